The summed E-state index contributed by atoms with van der Waals surface area (Å²) in [5.41, 5.74) is -0.219. The maximum Gasteiger partial charge on any atom is 0.352 e. The topological polar surface area (TPSA) is 70.2 Å². The van der Waals surface area contributed by atoms with E-state index >= 15 is 0 Å². The summed E-state index contributed by atoms with van der Waals surface area (Å²) in [4.78, 5) is 24.8. The molecule has 0 aliphatic carbocycles. The summed E-state index contributed by atoms with van der Waals surface area (Å²) in [7, 11) is 0. The van der Waals surface area contributed by atoms with E-state index in [4.69, 9.17) is 5.11 Å². The predicted octanol–water partition coefficient (Wildman–Crippen LogP) is 1.67. The summed E-state index contributed by atoms with van der Waals surface area (Å²) in [6.07, 6.45) is 0. The Labute approximate surface area is 89.3 Å². The van der Waals surface area contributed by atoms with E-state index in [1.165, 1.54) is 19.1 Å². The minimum Gasteiger partial charge on any atom is -0.477 e. The van der Waals surface area contributed by atoms with Gasteiger partial charge in [0.1, 0.15) is 11.5 Å². The lowest BCUT2D eigenvalue weighted by molar-refractivity contribution is 0.0691. The number of pyridine rings is 1. The Morgan fingerprint density at radius 2 is 2.12 bits per heavy atom. The molecule has 0 amide bonds. The lowest BCUT2D eigenvalue weighted by Gasteiger charge is -2.04. The van der Waals surface area contributed by atoms with Gasteiger partial charge in [0.05, 0.1) is 5.52 Å². The van der Waals surface area contributed by atoms with Crippen LogP contribution < -0.4 is 5.43 Å². The Balaban J connectivity index is 2.94. The summed E-state index contributed by atoms with van der Waals surface area (Å²) in [5.74, 6) is -1.73. The molecule has 16 heavy (non-hydrogen) atoms. The first-order chi connectivity index (χ1) is 7.50. The van der Waals surface area contributed by atoms with Crippen molar-refractivity contribution in [3.05, 3.63) is 45.5 Å². The molecule has 0 fully saturated rings. The van der Waals surface area contributed by atoms with E-state index in [9.17, 15) is 14.0 Å². The van der Waals surface area contributed by atoms with Gasteiger partial charge >= 0.3 is 5.97 Å². The number of aromatic nitrogens is 1. The molecular formula is C11H8FNO3. The van der Waals surface area contributed by atoms with Crippen molar-refractivity contribution in [2.45, 2.75) is 6.92 Å². The van der Waals surface area contributed by atoms with Crippen molar-refractivity contribution in [2.24, 2.45) is 0 Å². The number of carboxylic acids is 1. The van der Waals surface area contributed by atoms with Crippen molar-refractivity contribution in [1.82, 2.24) is 4.98 Å². The van der Waals surface area contributed by atoms with Crippen LogP contribution in [0.3, 0.4) is 0 Å². The van der Waals surface area contributed by atoms with E-state index in [0.29, 0.717) is 0 Å². The Hall–Kier alpha value is -2.17. The molecule has 5 heteroatoms. The lowest BCUT2D eigenvalue weighted by atomic mass is 10.1. The van der Waals surface area contributed by atoms with Gasteiger partial charge in [-0.05, 0) is 19.1 Å². The average Bonchev–Trinajstić information content (AvgIpc) is 2.23. The van der Waals surface area contributed by atoms with Crippen LogP contribution in [0.1, 0.15) is 16.1 Å². The number of rotatable bonds is 1. The monoisotopic (exact) mass is 221 g/mol. The van der Waals surface area contributed by atoms with Gasteiger partial charge in [0, 0.05) is 17.0 Å². The molecular weight excluding hydrogens is 213 g/mol. The smallest absolute Gasteiger partial charge is 0.352 e. The van der Waals surface area contributed by atoms with Crippen LogP contribution in [0.4, 0.5) is 4.39 Å². The number of halogens is 1. The fourth-order valence-electron chi connectivity index (χ4n) is 1.55. The van der Waals surface area contributed by atoms with Crippen molar-refractivity contribution in [1.29, 1.82) is 0 Å². The van der Waals surface area contributed by atoms with Crippen LogP contribution in [-0.4, -0.2) is 16.1 Å². The third-order valence-electron chi connectivity index (χ3n) is 2.43. The molecule has 4 nitrogen and oxygen atoms in total. The van der Waals surface area contributed by atoms with Crippen molar-refractivity contribution in [2.75, 3.05) is 0 Å². The highest BCUT2D eigenvalue weighted by atomic mass is 19.1. The second-order valence-corrected chi connectivity index (χ2v) is 3.45. The number of aromatic carboxylic acids is 1. The summed E-state index contributed by atoms with van der Waals surface area (Å²) in [6.45, 7) is 1.49. The largest absolute Gasteiger partial charge is 0.477 e. The standard InChI is InChI=1S/C11H8FNO3/c1-5-7(12)3-2-6-9(14)4-8(11(15)16)13-10(5)6/h2-4H,1H3,(H,13,14)(H,15,16). The number of carboxylic acid groups (broad SMARTS) is 1. The highest BCUT2D eigenvalue weighted by Gasteiger charge is 2.11. The lowest BCUT2D eigenvalue weighted by Crippen LogP contribution is -2.10. The van der Waals surface area contributed by atoms with E-state index in [1.54, 1.807) is 0 Å². The Bertz CT molecular complexity index is 645. The zero-order valence-electron chi connectivity index (χ0n) is 8.37. The number of hydrogen-bond donors (Lipinski definition) is 2. The average molecular weight is 221 g/mol. The fourth-order valence-corrected chi connectivity index (χ4v) is 1.55. The van der Waals surface area contributed by atoms with Gasteiger partial charge in [-0.25, -0.2) is 9.18 Å². The summed E-state index contributed by atoms with van der Waals surface area (Å²) >= 11 is 0. The molecule has 0 aliphatic heterocycles. The molecule has 82 valence electrons. The summed E-state index contributed by atoms with van der Waals surface area (Å²) < 4.78 is 13.2. The molecule has 2 aromatic rings. The maximum atomic E-state index is 13.2. The minimum absolute atomic E-state index is 0.227. The second kappa shape index (κ2) is 3.44. The van der Waals surface area contributed by atoms with E-state index in [-0.39, 0.29) is 22.2 Å². The Morgan fingerprint density at radius 3 is 2.75 bits per heavy atom. The van der Waals surface area contributed by atoms with Crippen LogP contribution in [0.15, 0.2) is 23.0 Å². The molecule has 1 aromatic heterocycles. The van der Waals surface area contributed by atoms with E-state index in [1.807, 2.05) is 0 Å². The number of carbonyl (C=O) groups is 1. The molecule has 1 aromatic carbocycles. The molecule has 0 atom stereocenters. The molecule has 0 aliphatic rings. The molecule has 1 heterocycles. The van der Waals surface area contributed by atoms with Gasteiger partial charge in [0.2, 0.25) is 0 Å². The van der Waals surface area contributed by atoms with Gasteiger partial charge in [-0.1, -0.05) is 0 Å². The van der Waals surface area contributed by atoms with Gasteiger partial charge in [-0.3, -0.25) is 4.79 Å². The Morgan fingerprint density at radius 1 is 1.44 bits per heavy atom. The van der Waals surface area contributed by atoms with Crippen molar-refractivity contribution >= 4 is 16.9 Å². The quantitative estimate of drug-likeness (QED) is 0.769. The highest BCUT2D eigenvalue weighted by Crippen LogP contribution is 2.16. The number of hydrogen-bond acceptors (Lipinski definition) is 2. The first-order valence-electron chi connectivity index (χ1n) is 4.56. The molecule has 0 spiro atoms. The fraction of sp³-hybridized carbons (Fsp3) is 0.0909. The molecule has 0 saturated heterocycles. The highest BCUT2D eigenvalue weighted by molar-refractivity contribution is 5.90. The van der Waals surface area contributed by atoms with Crippen LogP contribution in [0.5, 0.6) is 0 Å². The number of aromatic amines is 1. The SMILES string of the molecule is Cc1c(F)ccc2c(=O)cc(C(=O)O)[nH]c12. The van der Waals surface area contributed by atoms with Crippen LogP contribution in [-0.2, 0) is 0 Å². The van der Waals surface area contributed by atoms with Crippen LogP contribution in [0.25, 0.3) is 10.9 Å². The van der Waals surface area contributed by atoms with E-state index < -0.39 is 17.2 Å². The summed E-state index contributed by atoms with van der Waals surface area (Å²) in [5, 5.41) is 9.05. The zero-order chi connectivity index (χ0) is 11.9. The van der Waals surface area contributed by atoms with Gasteiger partial charge in [0.15, 0.2) is 5.43 Å². The third kappa shape index (κ3) is 1.46. The molecule has 2 rings (SSSR count). The molecule has 0 bridgehead atoms. The number of benzene rings is 1. The predicted molar refractivity (Wildman–Crippen MR) is 56.2 cm³/mol. The number of fused-ring (bicyclic) bond motifs is 1. The van der Waals surface area contributed by atoms with Gasteiger partial charge in [-0.2, -0.15) is 0 Å². The number of nitrogens with one attached hydrogen (secondary N) is 1. The first-order valence-corrected chi connectivity index (χ1v) is 4.56. The molecule has 2 N–H and O–H groups in total. The number of H-pyrrole nitrogens is 1. The molecule has 0 saturated carbocycles. The normalized spacial score (nSPS) is 10.6. The van der Waals surface area contributed by atoms with Gasteiger partial charge in [-0.15, -0.1) is 0 Å². The zero-order valence-corrected chi connectivity index (χ0v) is 8.37. The minimum atomic E-state index is -1.25. The first kappa shape index (κ1) is 10.4. The molecule has 0 radical (unpaired) electrons. The van der Waals surface area contributed by atoms with E-state index in [2.05, 4.69) is 4.98 Å². The van der Waals surface area contributed by atoms with Crippen LogP contribution in [0.2, 0.25) is 0 Å². The van der Waals surface area contributed by atoms with Gasteiger partial charge in [0.25, 0.3) is 0 Å². The van der Waals surface area contributed by atoms with Crippen LogP contribution in [0, 0.1) is 12.7 Å². The van der Waals surface area contributed by atoms with Gasteiger partial charge < -0.3 is 10.1 Å². The van der Waals surface area contributed by atoms with Crippen molar-refractivity contribution < 1.29 is 14.3 Å². The summed E-state index contributed by atoms with van der Waals surface area (Å²) in [6, 6.07) is 3.51. The third-order valence-corrected chi connectivity index (χ3v) is 2.43. The Kier molecular flexibility index (Phi) is 2.23. The van der Waals surface area contributed by atoms with E-state index in [0.717, 1.165) is 6.07 Å². The second-order valence-electron chi connectivity index (χ2n) is 3.45. The van der Waals surface area contributed by atoms with Crippen molar-refractivity contribution in [3.63, 3.8) is 0 Å². The van der Waals surface area contributed by atoms with Crippen molar-refractivity contribution in [3.8, 4) is 0 Å². The maximum absolute atomic E-state index is 13.2. The molecule has 0 unspecified atom stereocenters. The van der Waals surface area contributed by atoms with Crippen LogP contribution >= 0.6 is 0 Å². The number of aryl methyl sites for hydroxylation is 1.